The van der Waals surface area contributed by atoms with E-state index in [0.717, 1.165) is 11.3 Å². The zero-order valence-electron chi connectivity index (χ0n) is 19.4. The lowest BCUT2D eigenvalue weighted by Crippen LogP contribution is -2.12. The van der Waals surface area contributed by atoms with Crippen molar-refractivity contribution in [2.45, 2.75) is 33.9 Å². The average Bonchev–Trinajstić information content (AvgIpc) is 3.42. The Hall–Kier alpha value is -2.35. The summed E-state index contributed by atoms with van der Waals surface area (Å²) in [6.07, 6.45) is 0. The molecule has 2 aromatic carbocycles. The van der Waals surface area contributed by atoms with Gasteiger partial charge in [-0.15, -0.1) is 0 Å². The minimum atomic E-state index is -0.420. The monoisotopic (exact) mass is 585 g/mol. The Kier molecular flexibility index (Phi) is 8.12. The van der Waals surface area contributed by atoms with Crippen LogP contribution >= 0.6 is 58.0 Å². The third kappa shape index (κ3) is 5.48. The molecule has 0 bridgehead atoms. The van der Waals surface area contributed by atoms with E-state index in [1.165, 1.54) is 5.56 Å². The topological polar surface area (TPSA) is 69.3 Å². The predicted octanol–water partition coefficient (Wildman–Crippen LogP) is 8.55. The smallest absolute Gasteiger partial charge is 0.291 e. The first-order chi connectivity index (χ1) is 17.1. The van der Waals surface area contributed by atoms with Crippen molar-refractivity contribution in [3.8, 4) is 5.75 Å². The van der Waals surface area contributed by atoms with Crippen molar-refractivity contribution in [2.75, 3.05) is 5.32 Å². The highest BCUT2D eigenvalue weighted by atomic mass is 35.5. The molecule has 4 aromatic rings. The fourth-order valence-electron chi connectivity index (χ4n) is 3.62. The van der Waals surface area contributed by atoms with Gasteiger partial charge in [0.05, 0.1) is 38.7 Å². The predicted molar refractivity (Wildman–Crippen MR) is 144 cm³/mol. The number of rotatable bonds is 7. The SMILES string of the molecule is Cc1cccc(Cn2nc(C)c(NC(=O)c3ccc(COc4c(Cl)c(Cl)c(Cl)c(Cl)c4Cl)o3)c2C)c1. The highest BCUT2D eigenvalue weighted by Crippen LogP contribution is 2.48. The normalized spacial score (nSPS) is 11.1. The van der Waals surface area contributed by atoms with E-state index < -0.39 is 5.91 Å². The van der Waals surface area contributed by atoms with Gasteiger partial charge < -0.3 is 14.5 Å². The number of aryl methyl sites for hydroxylation is 2. The molecule has 0 aliphatic heterocycles. The van der Waals surface area contributed by atoms with Crippen LogP contribution in [0.1, 0.15) is 38.8 Å². The summed E-state index contributed by atoms with van der Waals surface area (Å²) >= 11 is 30.5. The standard InChI is InChI=1S/C25H20Cl5N3O3/c1-12-5-4-6-15(9-12)10-33-14(3)23(13(2)32-33)31-25(34)17-8-7-16(36-17)11-35-24-21(29)19(27)18(26)20(28)22(24)30/h4-9H,10-11H2,1-3H3,(H,31,34). The second-order valence-electron chi connectivity index (χ2n) is 8.10. The molecule has 0 radical (unpaired) electrons. The molecular formula is C25H20Cl5N3O3. The number of aromatic nitrogens is 2. The quantitative estimate of drug-likeness (QED) is 0.174. The van der Waals surface area contributed by atoms with E-state index in [-0.39, 0.29) is 43.2 Å². The number of furan rings is 1. The van der Waals surface area contributed by atoms with E-state index in [9.17, 15) is 4.79 Å². The number of ether oxygens (including phenoxy) is 1. The average molecular weight is 588 g/mol. The van der Waals surface area contributed by atoms with Crippen LogP contribution in [0.2, 0.25) is 25.1 Å². The minimum Gasteiger partial charge on any atom is -0.482 e. The number of benzene rings is 2. The molecule has 0 aliphatic rings. The van der Waals surface area contributed by atoms with Gasteiger partial charge in [0, 0.05) is 0 Å². The molecule has 4 rings (SSSR count). The second-order valence-corrected chi connectivity index (χ2v) is 9.99. The van der Waals surface area contributed by atoms with Gasteiger partial charge in [-0.25, -0.2) is 0 Å². The molecule has 2 heterocycles. The summed E-state index contributed by atoms with van der Waals surface area (Å²) in [7, 11) is 0. The first-order valence-corrected chi connectivity index (χ1v) is 12.6. The molecule has 0 saturated heterocycles. The van der Waals surface area contributed by atoms with Crippen molar-refractivity contribution >= 4 is 69.6 Å². The van der Waals surface area contributed by atoms with Crippen LogP contribution in [0, 0.1) is 20.8 Å². The lowest BCUT2D eigenvalue weighted by atomic mass is 10.1. The molecule has 0 saturated carbocycles. The molecule has 2 aromatic heterocycles. The summed E-state index contributed by atoms with van der Waals surface area (Å²) in [5, 5.41) is 7.60. The van der Waals surface area contributed by atoms with Crippen molar-refractivity contribution in [3.05, 3.63) is 95.5 Å². The maximum atomic E-state index is 12.9. The summed E-state index contributed by atoms with van der Waals surface area (Å²) in [6.45, 7) is 6.31. The van der Waals surface area contributed by atoms with Crippen LogP contribution in [0.4, 0.5) is 5.69 Å². The Bertz CT molecular complexity index is 1430. The summed E-state index contributed by atoms with van der Waals surface area (Å²) in [6, 6.07) is 11.3. The van der Waals surface area contributed by atoms with Crippen LogP contribution in [-0.2, 0) is 13.2 Å². The van der Waals surface area contributed by atoms with Gasteiger partial charge in [0.25, 0.3) is 5.91 Å². The van der Waals surface area contributed by atoms with Crippen LogP contribution in [0.25, 0.3) is 0 Å². The maximum absolute atomic E-state index is 12.9. The highest BCUT2D eigenvalue weighted by molar-refractivity contribution is 6.55. The molecule has 0 unspecified atom stereocenters. The maximum Gasteiger partial charge on any atom is 0.291 e. The molecule has 0 atom stereocenters. The Labute approximate surface area is 233 Å². The Morgan fingerprint density at radius 2 is 1.64 bits per heavy atom. The summed E-state index contributed by atoms with van der Waals surface area (Å²) < 4.78 is 13.2. The lowest BCUT2D eigenvalue weighted by molar-refractivity contribution is 0.0992. The number of anilines is 1. The molecule has 188 valence electrons. The van der Waals surface area contributed by atoms with Gasteiger partial charge in [-0.05, 0) is 38.5 Å². The number of nitrogens with one attached hydrogen (secondary N) is 1. The number of carbonyl (C=O) groups is 1. The fourth-order valence-corrected chi connectivity index (χ4v) is 4.85. The zero-order chi connectivity index (χ0) is 26.1. The van der Waals surface area contributed by atoms with Gasteiger partial charge in [0.15, 0.2) is 11.5 Å². The molecule has 0 aliphatic carbocycles. The number of hydrogen-bond donors (Lipinski definition) is 1. The van der Waals surface area contributed by atoms with Gasteiger partial charge >= 0.3 is 0 Å². The van der Waals surface area contributed by atoms with Crippen molar-refractivity contribution in [1.29, 1.82) is 0 Å². The fraction of sp³-hybridized carbons (Fsp3) is 0.200. The number of carbonyl (C=O) groups excluding carboxylic acids is 1. The summed E-state index contributed by atoms with van der Waals surface area (Å²) in [4.78, 5) is 12.9. The second kappa shape index (κ2) is 11.0. The molecule has 0 spiro atoms. The van der Waals surface area contributed by atoms with Gasteiger partial charge in [-0.3, -0.25) is 9.48 Å². The van der Waals surface area contributed by atoms with Crippen LogP contribution in [-0.4, -0.2) is 15.7 Å². The van der Waals surface area contributed by atoms with Gasteiger partial charge in [-0.2, -0.15) is 5.10 Å². The Morgan fingerprint density at radius 3 is 2.31 bits per heavy atom. The van der Waals surface area contributed by atoms with Crippen molar-refractivity contribution < 1.29 is 13.9 Å². The molecule has 1 amide bonds. The molecular weight excluding hydrogens is 568 g/mol. The summed E-state index contributed by atoms with van der Waals surface area (Å²) in [5.74, 6) is 0.102. The molecule has 0 fully saturated rings. The van der Waals surface area contributed by atoms with Crippen LogP contribution in [0.5, 0.6) is 5.75 Å². The zero-order valence-corrected chi connectivity index (χ0v) is 23.2. The van der Waals surface area contributed by atoms with Crippen molar-refractivity contribution in [3.63, 3.8) is 0 Å². The van der Waals surface area contributed by atoms with Gasteiger partial charge in [0.1, 0.15) is 22.4 Å². The van der Waals surface area contributed by atoms with Gasteiger partial charge in [0.2, 0.25) is 0 Å². The highest BCUT2D eigenvalue weighted by Gasteiger charge is 2.22. The van der Waals surface area contributed by atoms with Crippen molar-refractivity contribution in [1.82, 2.24) is 9.78 Å². The van der Waals surface area contributed by atoms with E-state index in [4.69, 9.17) is 67.2 Å². The first kappa shape index (κ1) is 26.7. The van der Waals surface area contributed by atoms with E-state index in [2.05, 4.69) is 16.5 Å². The third-order valence-electron chi connectivity index (χ3n) is 5.45. The number of amides is 1. The lowest BCUT2D eigenvalue weighted by Gasteiger charge is -2.12. The van der Waals surface area contributed by atoms with E-state index in [0.29, 0.717) is 23.7 Å². The Morgan fingerprint density at radius 1 is 0.972 bits per heavy atom. The number of nitrogens with zero attached hydrogens (tertiary/aromatic N) is 2. The number of hydrogen-bond acceptors (Lipinski definition) is 4. The molecule has 11 heteroatoms. The largest absolute Gasteiger partial charge is 0.482 e. The van der Waals surface area contributed by atoms with Crippen LogP contribution in [0.15, 0.2) is 40.8 Å². The number of halogens is 5. The van der Waals surface area contributed by atoms with Crippen LogP contribution < -0.4 is 10.1 Å². The van der Waals surface area contributed by atoms with Crippen molar-refractivity contribution in [2.24, 2.45) is 0 Å². The molecule has 36 heavy (non-hydrogen) atoms. The van der Waals surface area contributed by atoms with E-state index in [1.54, 1.807) is 12.1 Å². The third-order valence-corrected chi connectivity index (χ3v) is 7.69. The first-order valence-electron chi connectivity index (χ1n) is 10.7. The Balaban J connectivity index is 1.46. The van der Waals surface area contributed by atoms with E-state index in [1.807, 2.05) is 43.7 Å². The summed E-state index contributed by atoms with van der Waals surface area (Å²) in [5.41, 5.74) is 4.46. The molecule has 6 nitrogen and oxygen atoms in total. The molecule has 1 N–H and O–H groups in total. The van der Waals surface area contributed by atoms with Crippen LogP contribution in [0.3, 0.4) is 0 Å². The van der Waals surface area contributed by atoms with E-state index >= 15 is 0 Å². The minimum absolute atomic E-state index is 0.0224. The van der Waals surface area contributed by atoms with Gasteiger partial charge in [-0.1, -0.05) is 87.8 Å².